The van der Waals surface area contributed by atoms with Crippen molar-refractivity contribution in [2.75, 3.05) is 35.0 Å². The van der Waals surface area contributed by atoms with Gasteiger partial charge in [0, 0.05) is 35.8 Å². The summed E-state index contributed by atoms with van der Waals surface area (Å²) in [5.41, 5.74) is -0.765. The molecule has 0 heterocycles. The van der Waals surface area contributed by atoms with Gasteiger partial charge >= 0.3 is 12.2 Å². The summed E-state index contributed by atoms with van der Waals surface area (Å²) in [6, 6.07) is 10.7. The summed E-state index contributed by atoms with van der Waals surface area (Å²) in [6.45, 7) is 14.2. The molecule has 2 atom stereocenters. The number of nitrogens with one attached hydrogen (secondary N) is 2. The molecule has 0 radical (unpaired) electrons. The molecular weight excluding hydrogens is 564 g/mol. The summed E-state index contributed by atoms with van der Waals surface area (Å²) in [4.78, 5) is 26.2. The molecule has 0 bridgehead atoms. The molecule has 2 aromatic rings. The highest BCUT2D eigenvalue weighted by Gasteiger charge is 2.43. The SMILES string of the molecule is COc1cc(OC)cc(C(C)(C)OC(=O)NCC2(C)CC(NC(=O)OC(C)(C)c3cc(OC)cc(OC)c3)CC(C)(C)C2)c1. The third-order valence-electron chi connectivity index (χ3n) is 8.21. The Balaban J connectivity index is 1.65. The summed E-state index contributed by atoms with van der Waals surface area (Å²) in [5, 5.41) is 6.07. The van der Waals surface area contributed by atoms with E-state index in [2.05, 4.69) is 31.4 Å². The Morgan fingerprint density at radius 3 is 1.52 bits per heavy atom. The normalized spacial score (nSPS) is 19.8. The standard InChI is InChI=1S/C34H50N2O8/c1-31(2)18-24(36-30(38)44-33(5,6)23-14-27(41-10)17-28(15-23)42-11)19-34(7,20-31)21-35-29(37)43-32(3,4)22-12-25(39-8)16-26(13-22)40-9/h12-17,24H,18-21H2,1-11H3,(H,35,37)(H,36,38). The molecule has 2 unspecified atom stereocenters. The molecule has 2 amide bonds. The van der Waals surface area contributed by atoms with Crippen LogP contribution in [0, 0.1) is 10.8 Å². The fourth-order valence-electron chi connectivity index (χ4n) is 6.28. The van der Waals surface area contributed by atoms with E-state index in [-0.39, 0.29) is 16.9 Å². The number of carbonyl (C=O) groups excluding carboxylic acids is 2. The highest BCUT2D eigenvalue weighted by atomic mass is 16.6. The Morgan fingerprint density at radius 1 is 0.705 bits per heavy atom. The van der Waals surface area contributed by atoms with Crippen molar-refractivity contribution in [3.8, 4) is 23.0 Å². The smallest absolute Gasteiger partial charge is 0.408 e. The zero-order valence-corrected chi connectivity index (χ0v) is 28.1. The van der Waals surface area contributed by atoms with Crippen LogP contribution in [-0.2, 0) is 20.7 Å². The van der Waals surface area contributed by atoms with Crippen molar-refractivity contribution in [2.24, 2.45) is 10.8 Å². The van der Waals surface area contributed by atoms with Crippen LogP contribution in [0.25, 0.3) is 0 Å². The fourth-order valence-corrected chi connectivity index (χ4v) is 6.28. The van der Waals surface area contributed by atoms with Crippen molar-refractivity contribution in [3.63, 3.8) is 0 Å². The molecule has 10 nitrogen and oxygen atoms in total. The number of alkyl carbamates (subject to hydrolysis) is 2. The predicted octanol–water partition coefficient (Wildman–Crippen LogP) is 6.93. The van der Waals surface area contributed by atoms with Crippen LogP contribution in [0.1, 0.15) is 78.9 Å². The lowest BCUT2D eigenvalue weighted by Crippen LogP contribution is -2.51. The van der Waals surface area contributed by atoms with Crippen molar-refractivity contribution >= 4 is 12.2 Å². The molecule has 0 spiro atoms. The van der Waals surface area contributed by atoms with Crippen LogP contribution in [0.5, 0.6) is 23.0 Å². The zero-order valence-electron chi connectivity index (χ0n) is 28.1. The van der Waals surface area contributed by atoms with E-state index in [1.807, 2.05) is 52.0 Å². The first kappa shape index (κ1) is 34.7. The van der Waals surface area contributed by atoms with E-state index in [4.69, 9.17) is 28.4 Å². The number of rotatable bonds is 11. The maximum atomic E-state index is 13.2. The topological polar surface area (TPSA) is 114 Å². The molecule has 1 fully saturated rings. The minimum Gasteiger partial charge on any atom is -0.497 e. The molecule has 2 aromatic carbocycles. The fraction of sp³-hybridized carbons (Fsp3) is 0.588. The van der Waals surface area contributed by atoms with Gasteiger partial charge in [-0.3, -0.25) is 0 Å². The molecule has 244 valence electrons. The van der Waals surface area contributed by atoms with Gasteiger partial charge in [-0.1, -0.05) is 20.8 Å². The molecule has 0 aliphatic heterocycles. The lowest BCUT2D eigenvalue weighted by molar-refractivity contribution is 0.0174. The first-order chi connectivity index (χ1) is 20.4. The average molecular weight is 615 g/mol. The van der Waals surface area contributed by atoms with Crippen molar-refractivity contribution < 1.29 is 38.0 Å². The van der Waals surface area contributed by atoms with Crippen molar-refractivity contribution in [3.05, 3.63) is 47.5 Å². The monoisotopic (exact) mass is 614 g/mol. The Kier molecular flexibility index (Phi) is 10.6. The predicted molar refractivity (Wildman–Crippen MR) is 169 cm³/mol. The van der Waals surface area contributed by atoms with Gasteiger partial charge in [-0.25, -0.2) is 9.59 Å². The number of ether oxygens (including phenoxy) is 6. The number of carbonyl (C=O) groups is 2. The van der Waals surface area contributed by atoms with E-state index in [9.17, 15) is 9.59 Å². The largest absolute Gasteiger partial charge is 0.497 e. The lowest BCUT2D eigenvalue weighted by atomic mass is 9.62. The van der Waals surface area contributed by atoms with Gasteiger partial charge in [0.05, 0.1) is 28.4 Å². The number of benzene rings is 2. The first-order valence-electron chi connectivity index (χ1n) is 14.9. The van der Waals surface area contributed by atoms with Gasteiger partial charge in [0.15, 0.2) is 0 Å². The van der Waals surface area contributed by atoms with Crippen LogP contribution in [-0.4, -0.2) is 53.2 Å². The van der Waals surface area contributed by atoms with Gasteiger partial charge < -0.3 is 39.1 Å². The van der Waals surface area contributed by atoms with E-state index < -0.39 is 23.4 Å². The maximum absolute atomic E-state index is 13.2. The second kappa shape index (κ2) is 13.4. The summed E-state index contributed by atoms with van der Waals surface area (Å²) in [5.74, 6) is 2.44. The van der Waals surface area contributed by atoms with Crippen LogP contribution in [0.3, 0.4) is 0 Å². The first-order valence-corrected chi connectivity index (χ1v) is 14.9. The molecule has 3 rings (SSSR count). The Morgan fingerprint density at radius 2 is 1.11 bits per heavy atom. The zero-order chi connectivity index (χ0) is 32.9. The maximum Gasteiger partial charge on any atom is 0.408 e. The van der Waals surface area contributed by atoms with Gasteiger partial charge in [0.1, 0.15) is 34.2 Å². The second-order valence-electron chi connectivity index (χ2n) is 13.8. The van der Waals surface area contributed by atoms with Crippen LogP contribution >= 0.6 is 0 Å². The molecule has 1 saturated carbocycles. The van der Waals surface area contributed by atoms with Crippen molar-refractivity contribution in [2.45, 2.75) is 85.0 Å². The van der Waals surface area contributed by atoms with E-state index in [1.54, 1.807) is 40.6 Å². The molecule has 0 aromatic heterocycles. The molecule has 10 heteroatoms. The highest BCUT2D eigenvalue weighted by molar-refractivity contribution is 5.69. The average Bonchev–Trinajstić information content (AvgIpc) is 2.93. The Hall–Kier alpha value is -3.82. The molecule has 2 N–H and O–H groups in total. The second-order valence-corrected chi connectivity index (χ2v) is 13.8. The van der Waals surface area contributed by atoms with E-state index >= 15 is 0 Å². The summed E-state index contributed by atoms with van der Waals surface area (Å²) < 4.78 is 33.3. The molecule has 0 saturated heterocycles. The van der Waals surface area contributed by atoms with Crippen LogP contribution in [0.15, 0.2) is 36.4 Å². The van der Waals surface area contributed by atoms with Crippen molar-refractivity contribution in [1.29, 1.82) is 0 Å². The third-order valence-corrected chi connectivity index (χ3v) is 8.21. The Bertz CT molecular complexity index is 1280. The van der Waals surface area contributed by atoms with Crippen LogP contribution in [0.4, 0.5) is 9.59 Å². The minimum absolute atomic E-state index is 0.0807. The summed E-state index contributed by atoms with van der Waals surface area (Å²) in [7, 11) is 6.31. The quantitative estimate of drug-likeness (QED) is 0.280. The number of methoxy groups -OCH3 is 4. The van der Waals surface area contributed by atoms with Gasteiger partial charge in [0.2, 0.25) is 0 Å². The number of amides is 2. The molecule has 1 aliphatic carbocycles. The third kappa shape index (κ3) is 9.09. The van der Waals surface area contributed by atoms with Crippen LogP contribution < -0.4 is 29.6 Å². The summed E-state index contributed by atoms with van der Waals surface area (Å²) in [6.07, 6.45) is 1.26. The van der Waals surface area contributed by atoms with E-state index in [0.29, 0.717) is 36.0 Å². The number of hydrogen-bond acceptors (Lipinski definition) is 8. The molecular formula is C34H50N2O8. The van der Waals surface area contributed by atoms with Crippen LogP contribution in [0.2, 0.25) is 0 Å². The van der Waals surface area contributed by atoms with Gasteiger partial charge in [-0.05, 0) is 82.1 Å². The van der Waals surface area contributed by atoms with Crippen molar-refractivity contribution in [1.82, 2.24) is 10.6 Å². The Labute approximate surface area is 262 Å². The van der Waals surface area contributed by atoms with Gasteiger partial charge in [-0.2, -0.15) is 0 Å². The lowest BCUT2D eigenvalue weighted by Gasteiger charge is -2.47. The summed E-state index contributed by atoms with van der Waals surface area (Å²) >= 11 is 0. The van der Waals surface area contributed by atoms with E-state index in [0.717, 1.165) is 24.0 Å². The van der Waals surface area contributed by atoms with Gasteiger partial charge in [0.25, 0.3) is 0 Å². The van der Waals surface area contributed by atoms with E-state index in [1.165, 1.54) is 0 Å². The molecule has 1 aliphatic rings. The minimum atomic E-state index is -0.940. The number of hydrogen-bond donors (Lipinski definition) is 2. The highest BCUT2D eigenvalue weighted by Crippen LogP contribution is 2.46. The molecule has 44 heavy (non-hydrogen) atoms. The van der Waals surface area contributed by atoms with Gasteiger partial charge in [-0.15, -0.1) is 0 Å².